The lowest BCUT2D eigenvalue weighted by Gasteiger charge is -2.29. The van der Waals surface area contributed by atoms with Crippen molar-refractivity contribution < 1.29 is 5.11 Å². The summed E-state index contributed by atoms with van der Waals surface area (Å²) in [6.07, 6.45) is 2.47. The lowest BCUT2D eigenvalue weighted by atomic mass is 9.77. The van der Waals surface area contributed by atoms with Crippen molar-refractivity contribution in [3.05, 3.63) is 28.8 Å². The van der Waals surface area contributed by atoms with Gasteiger partial charge in [-0.1, -0.05) is 41.5 Å². The largest absolute Gasteiger partial charge is 0.507 e. The van der Waals surface area contributed by atoms with Crippen LogP contribution < -0.4 is 5.73 Å². The number of benzene rings is 1. The Morgan fingerprint density at radius 1 is 1.00 bits per heavy atom. The minimum absolute atomic E-state index is 0. The number of hydrogen-bond acceptors (Lipinski definition) is 2. The van der Waals surface area contributed by atoms with Crippen molar-refractivity contribution >= 4 is 12.4 Å². The molecule has 120 valence electrons. The molecule has 0 heterocycles. The van der Waals surface area contributed by atoms with Crippen molar-refractivity contribution in [2.24, 2.45) is 11.7 Å². The van der Waals surface area contributed by atoms with Crippen molar-refractivity contribution in [3.63, 3.8) is 0 Å². The van der Waals surface area contributed by atoms with E-state index in [1.165, 1.54) is 18.4 Å². The molecule has 1 aromatic carbocycles. The van der Waals surface area contributed by atoms with Crippen molar-refractivity contribution in [1.29, 1.82) is 0 Å². The lowest BCUT2D eigenvalue weighted by Crippen LogP contribution is -2.20. The summed E-state index contributed by atoms with van der Waals surface area (Å²) in [6, 6.07) is 4.35. The van der Waals surface area contributed by atoms with Gasteiger partial charge in [0.1, 0.15) is 5.75 Å². The second kappa shape index (κ2) is 5.81. The van der Waals surface area contributed by atoms with Gasteiger partial charge in [-0.05, 0) is 58.4 Å². The van der Waals surface area contributed by atoms with Gasteiger partial charge in [-0.2, -0.15) is 0 Å². The Hall–Kier alpha value is -0.730. The highest BCUT2D eigenvalue weighted by Crippen LogP contribution is 2.44. The number of aromatic hydroxyl groups is 1. The Morgan fingerprint density at radius 3 is 1.67 bits per heavy atom. The zero-order valence-electron chi connectivity index (χ0n) is 14.2. The first-order chi connectivity index (χ1) is 9.01. The van der Waals surface area contributed by atoms with E-state index in [1.807, 2.05) is 0 Å². The Balaban J connectivity index is 0.00000220. The molecule has 1 saturated carbocycles. The predicted octanol–water partition coefficient (Wildman–Crippen LogP) is 4.82. The second-order valence-electron chi connectivity index (χ2n) is 8.33. The third-order valence-corrected chi connectivity index (χ3v) is 4.26. The SMILES string of the molecule is CC(C)(C)c1cc([C@@H](N)C2CC2)cc(C(C)(C)C)c1O.Cl. The second-order valence-corrected chi connectivity index (χ2v) is 8.33. The predicted molar refractivity (Wildman–Crippen MR) is 92.4 cm³/mol. The maximum atomic E-state index is 10.7. The van der Waals surface area contributed by atoms with Crippen molar-refractivity contribution in [3.8, 4) is 5.75 Å². The Labute approximate surface area is 135 Å². The molecule has 0 bridgehead atoms. The number of phenolic OH excluding ortho intramolecular Hbond substituents is 1. The van der Waals surface area contributed by atoms with Gasteiger partial charge >= 0.3 is 0 Å². The van der Waals surface area contributed by atoms with Gasteiger partial charge in [0.15, 0.2) is 0 Å². The molecule has 2 nitrogen and oxygen atoms in total. The first-order valence-electron chi connectivity index (χ1n) is 7.65. The van der Waals surface area contributed by atoms with Crippen LogP contribution in [0, 0.1) is 5.92 Å². The van der Waals surface area contributed by atoms with Crippen molar-refractivity contribution in [2.45, 2.75) is 71.3 Å². The van der Waals surface area contributed by atoms with Crippen LogP contribution in [-0.2, 0) is 10.8 Å². The van der Waals surface area contributed by atoms with E-state index in [4.69, 9.17) is 5.73 Å². The summed E-state index contributed by atoms with van der Waals surface area (Å²) in [6.45, 7) is 12.8. The van der Waals surface area contributed by atoms with E-state index in [2.05, 4.69) is 53.7 Å². The van der Waals surface area contributed by atoms with Gasteiger partial charge in [0.05, 0.1) is 0 Å². The van der Waals surface area contributed by atoms with Crippen LogP contribution in [0.25, 0.3) is 0 Å². The number of halogens is 1. The summed E-state index contributed by atoms with van der Waals surface area (Å²) in [4.78, 5) is 0. The van der Waals surface area contributed by atoms with Crippen LogP contribution in [0.5, 0.6) is 5.75 Å². The molecule has 1 fully saturated rings. The van der Waals surface area contributed by atoms with Crippen LogP contribution in [0.15, 0.2) is 12.1 Å². The molecule has 0 aliphatic heterocycles. The van der Waals surface area contributed by atoms with E-state index < -0.39 is 0 Å². The molecular weight excluding hydrogens is 282 g/mol. The Kier molecular flexibility index (Phi) is 5.07. The molecular formula is C18H30ClNO. The topological polar surface area (TPSA) is 46.2 Å². The van der Waals surface area contributed by atoms with E-state index in [1.54, 1.807) is 0 Å². The van der Waals surface area contributed by atoms with Gasteiger partial charge in [0, 0.05) is 6.04 Å². The average molecular weight is 312 g/mol. The fourth-order valence-electron chi connectivity index (χ4n) is 2.72. The summed E-state index contributed by atoms with van der Waals surface area (Å²) < 4.78 is 0. The van der Waals surface area contributed by atoms with Gasteiger partial charge in [0.25, 0.3) is 0 Å². The molecule has 0 aromatic heterocycles. The summed E-state index contributed by atoms with van der Waals surface area (Å²) in [5, 5.41) is 10.7. The van der Waals surface area contributed by atoms with Crippen molar-refractivity contribution in [1.82, 2.24) is 0 Å². The monoisotopic (exact) mass is 311 g/mol. The number of hydrogen-bond donors (Lipinski definition) is 2. The standard InChI is InChI=1S/C18H29NO.ClH/c1-17(2,3)13-9-12(15(19)11-7-8-11)10-14(16(13)20)18(4,5)6;/h9-11,15,20H,7-8,19H2,1-6H3;1H/t15-;/m0./s1. The van der Waals surface area contributed by atoms with E-state index in [9.17, 15) is 5.11 Å². The maximum Gasteiger partial charge on any atom is 0.123 e. The highest BCUT2D eigenvalue weighted by Gasteiger charge is 2.33. The van der Waals surface area contributed by atoms with Gasteiger partial charge < -0.3 is 10.8 Å². The molecule has 0 unspecified atom stereocenters. The van der Waals surface area contributed by atoms with E-state index in [-0.39, 0.29) is 29.3 Å². The third kappa shape index (κ3) is 3.92. The first-order valence-corrected chi connectivity index (χ1v) is 7.65. The Bertz CT molecular complexity index is 472. The molecule has 0 spiro atoms. The number of rotatable bonds is 2. The summed E-state index contributed by atoms with van der Waals surface area (Å²) in [5.74, 6) is 1.07. The van der Waals surface area contributed by atoms with Crippen LogP contribution in [0.2, 0.25) is 0 Å². The van der Waals surface area contributed by atoms with E-state index in [0.29, 0.717) is 11.7 Å². The van der Waals surface area contributed by atoms with Crippen molar-refractivity contribution in [2.75, 3.05) is 0 Å². The van der Waals surface area contributed by atoms with Gasteiger partial charge in [-0.3, -0.25) is 0 Å². The van der Waals surface area contributed by atoms with Gasteiger partial charge in [0.2, 0.25) is 0 Å². The van der Waals surface area contributed by atoms with Crippen LogP contribution in [-0.4, -0.2) is 5.11 Å². The molecule has 1 aromatic rings. The highest BCUT2D eigenvalue weighted by atomic mass is 35.5. The maximum absolute atomic E-state index is 10.7. The number of nitrogens with two attached hydrogens (primary N) is 1. The molecule has 3 heteroatoms. The summed E-state index contributed by atoms with van der Waals surface area (Å²) in [7, 11) is 0. The molecule has 0 radical (unpaired) electrons. The van der Waals surface area contributed by atoms with Crippen LogP contribution in [0.3, 0.4) is 0 Å². The van der Waals surface area contributed by atoms with Crippen LogP contribution in [0.1, 0.15) is 77.1 Å². The molecule has 21 heavy (non-hydrogen) atoms. The molecule has 1 aliphatic carbocycles. The fraction of sp³-hybridized carbons (Fsp3) is 0.667. The minimum Gasteiger partial charge on any atom is -0.507 e. The fourth-order valence-corrected chi connectivity index (χ4v) is 2.72. The smallest absolute Gasteiger partial charge is 0.123 e. The first kappa shape index (κ1) is 18.3. The molecule has 2 rings (SSSR count). The third-order valence-electron chi connectivity index (χ3n) is 4.26. The zero-order chi connectivity index (χ0) is 15.3. The number of phenols is 1. The molecule has 0 saturated heterocycles. The minimum atomic E-state index is -0.0800. The summed E-state index contributed by atoms with van der Waals surface area (Å²) >= 11 is 0. The highest BCUT2D eigenvalue weighted by molar-refractivity contribution is 5.85. The summed E-state index contributed by atoms with van der Waals surface area (Å²) in [5.41, 5.74) is 9.43. The van der Waals surface area contributed by atoms with Gasteiger partial charge in [-0.15, -0.1) is 12.4 Å². The van der Waals surface area contributed by atoms with E-state index >= 15 is 0 Å². The van der Waals surface area contributed by atoms with Crippen LogP contribution >= 0.6 is 12.4 Å². The normalized spacial score (nSPS) is 17.3. The average Bonchev–Trinajstić information content (AvgIpc) is 3.08. The zero-order valence-corrected chi connectivity index (χ0v) is 15.0. The van der Waals surface area contributed by atoms with E-state index in [0.717, 1.165) is 11.1 Å². The molecule has 0 amide bonds. The molecule has 3 N–H and O–H groups in total. The van der Waals surface area contributed by atoms with Gasteiger partial charge in [-0.25, -0.2) is 0 Å². The Morgan fingerprint density at radius 2 is 1.38 bits per heavy atom. The quantitative estimate of drug-likeness (QED) is 0.822. The lowest BCUT2D eigenvalue weighted by molar-refractivity contribution is 0.421. The van der Waals surface area contributed by atoms with Crippen LogP contribution in [0.4, 0.5) is 0 Å². The molecule has 1 atom stereocenters. The molecule has 1 aliphatic rings.